The van der Waals surface area contributed by atoms with E-state index in [9.17, 15) is 13.2 Å². The SMILES string of the molecule is CSCCNc1ccc(N)c(C(F)(F)F)c1. The topological polar surface area (TPSA) is 38.0 Å². The molecule has 0 bridgehead atoms. The molecule has 90 valence electrons. The van der Waals surface area contributed by atoms with E-state index >= 15 is 0 Å². The minimum atomic E-state index is -4.40. The van der Waals surface area contributed by atoms with Crippen molar-refractivity contribution in [3.05, 3.63) is 23.8 Å². The Morgan fingerprint density at radius 3 is 2.62 bits per heavy atom. The number of benzene rings is 1. The van der Waals surface area contributed by atoms with Gasteiger partial charge in [-0.25, -0.2) is 0 Å². The van der Waals surface area contributed by atoms with E-state index in [4.69, 9.17) is 5.73 Å². The zero-order chi connectivity index (χ0) is 12.2. The fraction of sp³-hybridized carbons (Fsp3) is 0.400. The van der Waals surface area contributed by atoms with Crippen LogP contribution in [-0.2, 0) is 6.18 Å². The third-order valence-corrected chi connectivity index (χ3v) is 2.61. The second-order valence-corrected chi connectivity index (χ2v) is 4.20. The molecule has 0 fully saturated rings. The largest absolute Gasteiger partial charge is 0.418 e. The number of hydrogen-bond acceptors (Lipinski definition) is 3. The molecule has 16 heavy (non-hydrogen) atoms. The molecule has 0 aromatic heterocycles. The average Bonchev–Trinajstić information content (AvgIpc) is 2.19. The van der Waals surface area contributed by atoms with Crippen molar-refractivity contribution in [1.82, 2.24) is 0 Å². The van der Waals surface area contributed by atoms with Crippen LogP contribution >= 0.6 is 11.8 Å². The smallest absolute Gasteiger partial charge is 0.398 e. The second-order valence-electron chi connectivity index (χ2n) is 3.22. The summed E-state index contributed by atoms with van der Waals surface area (Å²) in [5.74, 6) is 0.839. The van der Waals surface area contributed by atoms with Crippen molar-refractivity contribution < 1.29 is 13.2 Å². The highest BCUT2D eigenvalue weighted by molar-refractivity contribution is 7.98. The van der Waals surface area contributed by atoms with E-state index < -0.39 is 11.7 Å². The maximum Gasteiger partial charge on any atom is 0.418 e. The first-order valence-corrected chi connectivity index (χ1v) is 6.04. The van der Waals surface area contributed by atoms with E-state index in [0.717, 1.165) is 11.8 Å². The third kappa shape index (κ3) is 3.52. The zero-order valence-corrected chi connectivity index (χ0v) is 9.58. The summed E-state index contributed by atoms with van der Waals surface area (Å²) in [4.78, 5) is 0. The van der Waals surface area contributed by atoms with Crippen molar-refractivity contribution in [2.45, 2.75) is 6.18 Å². The maximum atomic E-state index is 12.5. The Kier molecular flexibility index (Phi) is 4.35. The molecule has 0 saturated heterocycles. The van der Waals surface area contributed by atoms with Crippen LogP contribution in [0.4, 0.5) is 24.5 Å². The van der Waals surface area contributed by atoms with E-state index in [2.05, 4.69) is 5.32 Å². The molecule has 0 aliphatic carbocycles. The summed E-state index contributed by atoms with van der Waals surface area (Å²) < 4.78 is 37.5. The lowest BCUT2D eigenvalue weighted by Gasteiger charge is -2.12. The van der Waals surface area contributed by atoms with Gasteiger partial charge in [0.15, 0.2) is 0 Å². The van der Waals surface area contributed by atoms with Crippen LogP contribution in [0.5, 0.6) is 0 Å². The van der Waals surface area contributed by atoms with Gasteiger partial charge in [0, 0.05) is 23.7 Å². The first-order valence-electron chi connectivity index (χ1n) is 4.64. The second kappa shape index (κ2) is 5.34. The summed E-state index contributed by atoms with van der Waals surface area (Å²) >= 11 is 1.62. The predicted molar refractivity (Wildman–Crippen MR) is 62.7 cm³/mol. The Morgan fingerprint density at radius 1 is 1.38 bits per heavy atom. The Morgan fingerprint density at radius 2 is 2.06 bits per heavy atom. The molecule has 1 rings (SSSR count). The van der Waals surface area contributed by atoms with Crippen molar-refractivity contribution in [2.24, 2.45) is 0 Å². The van der Waals surface area contributed by atoms with Gasteiger partial charge in [0.2, 0.25) is 0 Å². The van der Waals surface area contributed by atoms with E-state index in [1.165, 1.54) is 6.07 Å². The van der Waals surface area contributed by atoms with Gasteiger partial charge in [0.1, 0.15) is 0 Å². The lowest BCUT2D eigenvalue weighted by Crippen LogP contribution is -2.11. The number of anilines is 2. The van der Waals surface area contributed by atoms with E-state index in [0.29, 0.717) is 12.2 Å². The van der Waals surface area contributed by atoms with Crippen LogP contribution in [0.1, 0.15) is 5.56 Å². The normalized spacial score (nSPS) is 11.5. The van der Waals surface area contributed by atoms with E-state index in [1.54, 1.807) is 17.8 Å². The number of thioether (sulfide) groups is 1. The molecule has 0 saturated carbocycles. The van der Waals surface area contributed by atoms with Gasteiger partial charge in [-0.3, -0.25) is 0 Å². The van der Waals surface area contributed by atoms with Gasteiger partial charge in [-0.05, 0) is 24.5 Å². The average molecular weight is 250 g/mol. The third-order valence-electron chi connectivity index (χ3n) is 1.99. The number of hydrogen-bond donors (Lipinski definition) is 2. The van der Waals surface area contributed by atoms with Crippen molar-refractivity contribution in [1.29, 1.82) is 0 Å². The molecule has 0 aliphatic rings. The Balaban J connectivity index is 2.82. The van der Waals surface area contributed by atoms with Crippen LogP contribution < -0.4 is 11.1 Å². The molecule has 1 aromatic rings. The zero-order valence-electron chi connectivity index (χ0n) is 8.77. The number of nitrogens with one attached hydrogen (secondary N) is 1. The minimum Gasteiger partial charge on any atom is -0.398 e. The Bertz CT molecular complexity index is 352. The van der Waals surface area contributed by atoms with Crippen LogP contribution in [0, 0.1) is 0 Å². The molecule has 6 heteroatoms. The molecule has 0 amide bonds. The first kappa shape index (κ1) is 13.0. The highest BCUT2D eigenvalue weighted by Crippen LogP contribution is 2.35. The molecule has 0 spiro atoms. The summed E-state index contributed by atoms with van der Waals surface area (Å²) in [6.45, 7) is 0.627. The van der Waals surface area contributed by atoms with Gasteiger partial charge in [0.05, 0.1) is 5.56 Å². The quantitative estimate of drug-likeness (QED) is 0.637. The lowest BCUT2D eigenvalue weighted by molar-refractivity contribution is -0.136. The highest BCUT2D eigenvalue weighted by Gasteiger charge is 2.33. The molecule has 2 nitrogen and oxygen atoms in total. The lowest BCUT2D eigenvalue weighted by atomic mass is 10.1. The van der Waals surface area contributed by atoms with Crippen molar-refractivity contribution >= 4 is 23.1 Å². The predicted octanol–water partition coefficient (Wildman–Crippen LogP) is 3.06. The standard InChI is InChI=1S/C10H13F3N2S/c1-16-5-4-15-7-2-3-9(14)8(6-7)10(11,12)13/h2-3,6,15H,4-5,14H2,1H3. The summed E-state index contributed by atoms with van der Waals surface area (Å²) in [5, 5.41) is 2.91. The molecule has 3 N–H and O–H groups in total. The van der Waals surface area contributed by atoms with Crippen LogP contribution in [0.3, 0.4) is 0 Å². The van der Waals surface area contributed by atoms with Gasteiger partial charge >= 0.3 is 6.18 Å². The van der Waals surface area contributed by atoms with Gasteiger partial charge in [-0.2, -0.15) is 24.9 Å². The minimum absolute atomic E-state index is 0.247. The number of nitrogens with two attached hydrogens (primary N) is 1. The monoisotopic (exact) mass is 250 g/mol. The summed E-state index contributed by atoms with van der Waals surface area (Å²) in [6, 6.07) is 3.85. The van der Waals surface area contributed by atoms with Crippen molar-refractivity contribution in [2.75, 3.05) is 29.6 Å². The van der Waals surface area contributed by atoms with Gasteiger partial charge in [0.25, 0.3) is 0 Å². The fourth-order valence-corrected chi connectivity index (χ4v) is 1.52. The number of nitrogen functional groups attached to an aromatic ring is 1. The number of rotatable bonds is 4. The number of halogens is 3. The Labute approximate surface area is 96.4 Å². The van der Waals surface area contributed by atoms with Gasteiger partial charge in [-0.15, -0.1) is 0 Å². The van der Waals surface area contributed by atoms with E-state index in [1.807, 2.05) is 6.26 Å². The number of alkyl halides is 3. The van der Waals surface area contributed by atoms with Crippen LogP contribution in [0.15, 0.2) is 18.2 Å². The Hall–Kier alpha value is -1.04. The summed E-state index contributed by atoms with van der Waals surface area (Å²) in [6.07, 6.45) is -2.47. The maximum absolute atomic E-state index is 12.5. The van der Waals surface area contributed by atoms with Crippen molar-refractivity contribution in [3.63, 3.8) is 0 Å². The van der Waals surface area contributed by atoms with Crippen LogP contribution in [0.25, 0.3) is 0 Å². The molecule has 0 radical (unpaired) electrons. The van der Waals surface area contributed by atoms with Crippen LogP contribution in [0.2, 0.25) is 0 Å². The van der Waals surface area contributed by atoms with E-state index in [-0.39, 0.29) is 5.69 Å². The molecular formula is C10H13F3N2S. The highest BCUT2D eigenvalue weighted by atomic mass is 32.2. The summed E-state index contributed by atoms with van der Waals surface area (Å²) in [7, 11) is 0. The molecular weight excluding hydrogens is 237 g/mol. The molecule has 0 aliphatic heterocycles. The van der Waals surface area contributed by atoms with Crippen molar-refractivity contribution in [3.8, 4) is 0 Å². The van der Waals surface area contributed by atoms with Gasteiger partial charge in [-0.1, -0.05) is 0 Å². The summed E-state index contributed by atoms with van der Waals surface area (Å²) in [5.41, 5.74) is 4.68. The molecule has 0 atom stereocenters. The first-order chi connectivity index (χ1) is 7.45. The van der Waals surface area contributed by atoms with Crippen LogP contribution in [-0.4, -0.2) is 18.6 Å². The molecule has 1 aromatic carbocycles. The fourth-order valence-electron chi connectivity index (χ4n) is 1.21. The molecule has 0 heterocycles. The molecule has 0 unspecified atom stereocenters. The van der Waals surface area contributed by atoms with Gasteiger partial charge < -0.3 is 11.1 Å².